The molecule has 2 aromatic carbocycles. The van der Waals surface area contributed by atoms with Crippen LogP contribution >= 0.6 is 0 Å². The number of nitrogens with zero attached hydrogens (tertiary/aromatic N) is 2. The Hall–Kier alpha value is -3.21. The molecular weight excluding hydrogens is 324 g/mol. The van der Waals surface area contributed by atoms with Crippen molar-refractivity contribution in [2.45, 2.75) is 27.2 Å². The fraction of sp³-hybridized carbons (Fsp3) is 0.190. The Labute approximate surface area is 153 Å². The van der Waals surface area contributed by atoms with Crippen molar-refractivity contribution in [1.82, 2.24) is 9.97 Å². The molecule has 1 heterocycles. The van der Waals surface area contributed by atoms with Crippen LogP contribution in [-0.2, 0) is 6.42 Å². The van der Waals surface area contributed by atoms with Crippen LogP contribution in [0.2, 0.25) is 0 Å². The number of hydrogen-bond donors (Lipinski definition) is 2. The molecule has 1 amide bonds. The van der Waals surface area contributed by atoms with E-state index in [1.54, 1.807) is 6.07 Å². The molecule has 132 valence electrons. The van der Waals surface area contributed by atoms with Crippen LogP contribution in [0.1, 0.15) is 34.2 Å². The van der Waals surface area contributed by atoms with Crippen LogP contribution in [0.3, 0.4) is 0 Å². The van der Waals surface area contributed by atoms with Crippen molar-refractivity contribution in [3.05, 3.63) is 77.1 Å². The summed E-state index contributed by atoms with van der Waals surface area (Å²) in [6.45, 7) is 5.93. The molecule has 0 spiro atoms. The van der Waals surface area contributed by atoms with Gasteiger partial charge in [0, 0.05) is 17.1 Å². The summed E-state index contributed by atoms with van der Waals surface area (Å²) in [6.07, 6.45) is 0.847. The summed E-state index contributed by atoms with van der Waals surface area (Å²) >= 11 is 0. The summed E-state index contributed by atoms with van der Waals surface area (Å²) in [6, 6.07) is 17.4. The first-order valence-corrected chi connectivity index (χ1v) is 8.64. The first-order valence-electron chi connectivity index (χ1n) is 8.64. The predicted octanol–water partition coefficient (Wildman–Crippen LogP) is 4.65. The number of benzene rings is 2. The van der Waals surface area contributed by atoms with E-state index in [0.717, 1.165) is 34.6 Å². The summed E-state index contributed by atoms with van der Waals surface area (Å²) in [4.78, 5) is 21.4. The number of carbonyl (C=O) groups excluding carboxylic acids is 1. The van der Waals surface area contributed by atoms with E-state index in [1.165, 1.54) is 0 Å². The molecule has 0 bridgehead atoms. The Morgan fingerprint density at radius 2 is 1.81 bits per heavy atom. The van der Waals surface area contributed by atoms with Crippen molar-refractivity contribution in [1.29, 1.82) is 0 Å². The van der Waals surface area contributed by atoms with Crippen LogP contribution in [-0.4, -0.2) is 15.9 Å². The summed E-state index contributed by atoms with van der Waals surface area (Å²) in [5.74, 6) is 0.160. The van der Waals surface area contributed by atoms with Crippen molar-refractivity contribution < 1.29 is 4.79 Å². The number of rotatable bonds is 5. The number of amides is 1. The van der Waals surface area contributed by atoms with Crippen LogP contribution in [0.4, 0.5) is 17.3 Å². The van der Waals surface area contributed by atoms with Gasteiger partial charge < -0.3 is 10.6 Å². The molecule has 5 heteroatoms. The molecule has 3 rings (SSSR count). The van der Waals surface area contributed by atoms with Gasteiger partial charge in [-0.1, -0.05) is 37.3 Å². The summed E-state index contributed by atoms with van der Waals surface area (Å²) in [5, 5.41) is 6.11. The second-order valence-corrected chi connectivity index (χ2v) is 6.18. The minimum atomic E-state index is -0.247. The Kier molecular flexibility index (Phi) is 5.27. The molecule has 0 aliphatic rings. The number of carbonyl (C=O) groups is 1. The summed E-state index contributed by atoms with van der Waals surface area (Å²) < 4.78 is 0. The van der Waals surface area contributed by atoms with E-state index in [0.29, 0.717) is 11.6 Å². The van der Waals surface area contributed by atoms with E-state index in [2.05, 4.69) is 27.5 Å². The second kappa shape index (κ2) is 7.78. The highest BCUT2D eigenvalue weighted by molar-refractivity contribution is 6.03. The maximum absolute atomic E-state index is 12.7. The standard InChI is InChI=1S/C21H22N4O/c1-4-16-9-5-6-11-18(16)24-20(26)19-13-15(3)22-21(25-19)23-17-10-7-8-14(2)12-17/h5-13H,4H2,1-3H3,(H,24,26)(H,22,23,25). The average Bonchev–Trinajstić information content (AvgIpc) is 2.61. The van der Waals surface area contributed by atoms with Gasteiger partial charge in [-0.2, -0.15) is 0 Å². The highest BCUT2D eigenvalue weighted by atomic mass is 16.1. The molecule has 0 saturated heterocycles. The Balaban J connectivity index is 1.83. The molecule has 1 aromatic heterocycles. The largest absolute Gasteiger partial charge is 0.324 e. The highest BCUT2D eigenvalue weighted by Gasteiger charge is 2.12. The minimum Gasteiger partial charge on any atom is -0.324 e. The van der Waals surface area contributed by atoms with E-state index in [-0.39, 0.29) is 5.91 Å². The maximum Gasteiger partial charge on any atom is 0.274 e. The highest BCUT2D eigenvalue weighted by Crippen LogP contribution is 2.18. The van der Waals surface area contributed by atoms with Crippen molar-refractivity contribution >= 4 is 23.2 Å². The molecule has 5 nitrogen and oxygen atoms in total. The smallest absolute Gasteiger partial charge is 0.274 e. The lowest BCUT2D eigenvalue weighted by Gasteiger charge is -2.11. The molecule has 0 saturated carbocycles. The fourth-order valence-electron chi connectivity index (χ4n) is 2.73. The summed E-state index contributed by atoms with van der Waals surface area (Å²) in [5.41, 5.74) is 4.98. The normalized spacial score (nSPS) is 10.4. The van der Waals surface area contributed by atoms with Gasteiger partial charge in [0.2, 0.25) is 5.95 Å². The van der Waals surface area contributed by atoms with Crippen molar-refractivity contribution in [2.75, 3.05) is 10.6 Å². The van der Waals surface area contributed by atoms with Gasteiger partial charge in [0.1, 0.15) is 5.69 Å². The Morgan fingerprint density at radius 3 is 2.58 bits per heavy atom. The van der Waals surface area contributed by atoms with Gasteiger partial charge >= 0.3 is 0 Å². The molecule has 3 aromatic rings. The van der Waals surface area contributed by atoms with Gasteiger partial charge in [0.25, 0.3) is 5.91 Å². The van der Waals surface area contributed by atoms with E-state index in [4.69, 9.17) is 0 Å². The topological polar surface area (TPSA) is 66.9 Å². The quantitative estimate of drug-likeness (QED) is 0.705. The maximum atomic E-state index is 12.7. The number of anilines is 3. The zero-order chi connectivity index (χ0) is 18.5. The molecule has 0 atom stereocenters. The van der Waals surface area contributed by atoms with E-state index >= 15 is 0 Å². The zero-order valence-electron chi connectivity index (χ0n) is 15.2. The molecule has 26 heavy (non-hydrogen) atoms. The lowest BCUT2D eigenvalue weighted by atomic mass is 10.1. The lowest BCUT2D eigenvalue weighted by molar-refractivity contribution is 0.102. The lowest BCUT2D eigenvalue weighted by Crippen LogP contribution is -2.16. The Bertz CT molecular complexity index is 937. The van der Waals surface area contributed by atoms with Crippen LogP contribution in [0.25, 0.3) is 0 Å². The fourth-order valence-corrected chi connectivity index (χ4v) is 2.73. The van der Waals surface area contributed by atoms with E-state index in [1.807, 2.05) is 62.4 Å². The van der Waals surface area contributed by atoms with Crippen molar-refractivity contribution in [2.24, 2.45) is 0 Å². The van der Waals surface area contributed by atoms with Gasteiger partial charge in [-0.05, 0) is 55.7 Å². The molecule has 0 fully saturated rings. The SMILES string of the molecule is CCc1ccccc1NC(=O)c1cc(C)nc(Nc2cccc(C)c2)n1. The third-order valence-electron chi connectivity index (χ3n) is 4.01. The molecule has 2 N–H and O–H groups in total. The van der Waals surface area contributed by atoms with Crippen LogP contribution in [0.5, 0.6) is 0 Å². The minimum absolute atomic E-state index is 0.247. The molecule has 0 radical (unpaired) electrons. The number of aromatic nitrogens is 2. The van der Waals surface area contributed by atoms with Gasteiger partial charge in [-0.3, -0.25) is 4.79 Å². The van der Waals surface area contributed by atoms with Gasteiger partial charge in [-0.25, -0.2) is 9.97 Å². The predicted molar refractivity (Wildman–Crippen MR) is 105 cm³/mol. The van der Waals surface area contributed by atoms with Gasteiger partial charge in [0.15, 0.2) is 0 Å². The number of hydrogen-bond acceptors (Lipinski definition) is 4. The molecule has 0 aliphatic carbocycles. The van der Waals surface area contributed by atoms with Crippen molar-refractivity contribution in [3.63, 3.8) is 0 Å². The van der Waals surface area contributed by atoms with Gasteiger partial charge in [0.05, 0.1) is 0 Å². The number of aryl methyl sites for hydroxylation is 3. The zero-order valence-corrected chi connectivity index (χ0v) is 15.2. The van der Waals surface area contributed by atoms with Gasteiger partial charge in [-0.15, -0.1) is 0 Å². The first-order chi connectivity index (χ1) is 12.5. The monoisotopic (exact) mass is 346 g/mol. The molecular formula is C21H22N4O. The van der Waals surface area contributed by atoms with Crippen LogP contribution in [0, 0.1) is 13.8 Å². The second-order valence-electron chi connectivity index (χ2n) is 6.18. The third-order valence-corrected chi connectivity index (χ3v) is 4.01. The molecule has 0 unspecified atom stereocenters. The first kappa shape index (κ1) is 17.6. The number of para-hydroxylation sites is 1. The Morgan fingerprint density at radius 1 is 1.00 bits per heavy atom. The third kappa shape index (κ3) is 4.25. The van der Waals surface area contributed by atoms with Crippen LogP contribution in [0.15, 0.2) is 54.6 Å². The average molecular weight is 346 g/mol. The van der Waals surface area contributed by atoms with Crippen LogP contribution < -0.4 is 10.6 Å². The molecule has 0 aliphatic heterocycles. The van der Waals surface area contributed by atoms with E-state index < -0.39 is 0 Å². The van der Waals surface area contributed by atoms with E-state index in [9.17, 15) is 4.79 Å². The number of nitrogens with one attached hydrogen (secondary N) is 2. The van der Waals surface area contributed by atoms with Crippen molar-refractivity contribution in [3.8, 4) is 0 Å². The summed E-state index contributed by atoms with van der Waals surface area (Å²) in [7, 11) is 0.